The van der Waals surface area contributed by atoms with E-state index < -0.39 is 18.5 Å². The van der Waals surface area contributed by atoms with Crippen molar-refractivity contribution in [3.63, 3.8) is 0 Å². The molecule has 100 valence electrons. The van der Waals surface area contributed by atoms with Crippen LogP contribution in [0.4, 0.5) is 0 Å². The van der Waals surface area contributed by atoms with Crippen LogP contribution >= 0.6 is 0 Å². The van der Waals surface area contributed by atoms with E-state index in [1.54, 1.807) is 18.2 Å². The van der Waals surface area contributed by atoms with E-state index in [9.17, 15) is 10.2 Å². The number of aliphatic hydroxyl groups is 3. The second kappa shape index (κ2) is 6.26. The lowest BCUT2D eigenvalue weighted by atomic mass is 9.97. The van der Waals surface area contributed by atoms with Gasteiger partial charge in [0.2, 0.25) is 0 Å². The molecule has 2 atom stereocenters. The number of rotatable bonds is 5. The zero-order valence-electron chi connectivity index (χ0n) is 10.0. The van der Waals surface area contributed by atoms with Crippen molar-refractivity contribution >= 4 is 0 Å². The molecule has 1 aromatic rings. The predicted octanol–water partition coefficient (Wildman–Crippen LogP) is 0.509. The summed E-state index contributed by atoms with van der Waals surface area (Å²) in [6, 6.07) is 7.14. The third kappa shape index (κ3) is 2.88. The van der Waals surface area contributed by atoms with Crippen LogP contribution in [0, 0.1) is 0 Å². The first-order chi connectivity index (χ1) is 8.74. The number of ether oxygens (including phenoxy) is 2. The Bertz CT molecular complexity index is 375. The Morgan fingerprint density at radius 1 is 1.17 bits per heavy atom. The summed E-state index contributed by atoms with van der Waals surface area (Å²) in [7, 11) is 0. The van der Waals surface area contributed by atoms with Crippen LogP contribution in [0.1, 0.15) is 29.9 Å². The first kappa shape index (κ1) is 13.5. The monoisotopic (exact) mass is 254 g/mol. The molecule has 1 saturated heterocycles. The van der Waals surface area contributed by atoms with E-state index in [1.807, 2.05) is 6.07 Å². The number of benzene rings is 1. The van der Waals surface area contributed by atoms with Crippen LogP contribution in [0.15, 0.2) is 24.3 Å². The molecule has 0 radical (unpaired) electrons. The normalized spacial score (nSPS) is 19.9. The molecule has 1 fully saturated rings. The molecule has 0 amide bonds. The zero-order valence-corrected chi connectivity index (χ0v) is 10.0. The molecule has 3 N–H and O–H groups in total. The van der Waals surface area contributed by atoms with E-state index in [-0.39, 0.29) is 13.0 Å². The van der Waals surface area contributed by atoms with Gasteiger partial charge in [-0.05, 0) is 12.0 Å². The van der Waals surface area contributed by atoms with E-state index >= 15 is 0 Å². The molecule has 1 aliphatic rings. The fraction of sp³-hybridized carbons (Fsp3) is 0.538. The first-order valence-electron chi connectivity index (χ1n) is 6.03. The summed E-state index contributed by atoms with van der Waals surface area (Å²) in [4.78, 5) is 0. The Morgan fingerprint density at radius 3 is 2.50 bits per heavy atom. The Labute approximate surface area is 106 Å². The molecule has 2 rings (SSSR count). The molecule has 1 aliphatic heterocycles. The van der Waals surface area contributed by atoms with Gasteiger partial charge in [0.25, 0.3) is 0 Å². The Balaban J connectivity index is 2.20. The minimum absolute atomic E-state index is 0.127. The highest BCUT2D eigenvalue weighted by atomic mass is 16.7. The second-order valence-electron chi connectivity index (χ2n) is 4.23. The second-order valence-corrected chi connectivity index (χ2v) is 4.23. The van der Waals surface area contributed by atoms with Crippen molar-refractivity contribution in [1.82, 2.24) is 0 Å². The number of aliphatic hydroxyl groups excluding tert-OH is 3. The lowest BCUT2D eigenvalue weighted by Crippen LogP contribution is -2.21. The summed E-state index contributed by atoms with van der Waals surface area (Å²) >= 11 is 0. The molecule has 1 heterocycles. The molecule has 1 aromatic carbocycles. The minimum atomic E-state index is -1.05. The number of hydrogen-bond acceptors (Lipinski definition) is 5. The lowest BCUT2D eigenvalue weighted by molar-refractivity contribution is -0.0492. The highest BCUT2D eigenvalue weighted by Crippen LogP contribution is 2.31. The quantitative estimate of drug-likeness (QED) is 0.713. The van der Waals surface area contributed by atoms with Gasteiger partial charge in [-0.2, -0.15) is 0 Å². The summed E-state index contributed by atoms with van der Waals surface area (Å²) in [6.45, 7) is 0.874. The third-order valence-corrected chi connectivity index (χ3v) is 2.98. The Morgan fingerprint density at radius 2 is 1.83 bits per heavy atom. The molecule has 5 nitrogen and oxygen atoms in total. The topological polar surface area (TPSA) is 79.2 Å². The van der Waals surface area contributed by atoms with Crippen molar-refractivity contribution in [2.45, 2.75) is 24.9 Å². The highest BCUT2D eigenvalue weighted by Gasteiger charge is 2.26. The average Bonchev–Trinajstić information content (AvgIpc) is 2.92. The molecule has 5 heteroatoms. The van der Waals surface area contributed by atoms with Gasteiger partial charge in [0.1, 0.15) is 6.10 Å². The van der Waals surface area contributed by atoms with Crippen molar-refractivity contribution in [1.29, 1.82) is 0 Å². The summed E-state index contributed by atoms with van der Waals surface area (Å²) < 4.78 is 10.8. The average molecular weight is 254 g/mol. The van der Waals surface area contributed by atoms with E-state index in [0.29, 0.717) is 18.8 Å². The van der Waals surface area contributed by atoms with Crippen LogP contribution in [0.25, 0.3) is 0 Å². The van der Waals surface area contributed by atoms with Gasteiger partial charge in [0, 0.05) is 12.2 Å². The largest absolute Gasteiger partial charge is 0.396 e. The summed E-state index contributed by atoms with van der Waals surface area (Å²) in [5.41, 5.74) is 1.30. The van der Waals surface area contributed by atoms with E-state index in [1.165, 1.54) is 0 Å². The van der Waals surface area contributed by atoms with Gasteiger partial charge in [0.05, 0.1) is 19.3 Å². The van der Waals surface area contributed by atoms with E-state index in [2.05, 4.69) is 0 Å². The van der Waals surface area contributed by atoms with Crippen LogP contribution < -0.4 is 0 Å². The molecule has 0 bridgehead atoms. The molecule has 2 unspecified atom stereocenters. The van der Waals surface area contributed by atoms with Crippen LogP contribution in [0.5, 0.6) is 0 Å². The van der Waals surface area contributed by atoms with Crippen LogP contribution in [-0.4, -0.2) is 41.2 Å². The maximum absolute atomic E-state index is 10.1. The van der Waals surface area contributed by atoms with Gasteiger partial charge in [-0.15, -0.1) is 0 Å². The van der Waals surface area contributed by atoms with Crippen molar-refractivity contribution in [2.75, 3.05) is 19.8 Å². The molecule has 0 aliphatic carbocycles. The van der Waals surface area contributed by atoms with Crippen LogP contribution in [-0.2, 0) is 9.47 Å². The lowest BCUT2D eigenvalue weighted by Gasteiger charge is -2.22. The maximum atomic E-state index is 10.1. The number of hydrogen-bond donors (Lipinski definition) is 3. The molecule has 0 saturated carbocycles. The van der Waals surface area contributed by atoms with Crippen molar-refractivity contribution in [3.8, 4) is 0 Å². The highest BCUT2D eigenvalue weighted by molar-refractivity contribution is 5.31. The van der Waals surface area contributed by atoms with Crippen molar-refractivity contribution in [3.05, 3.63) is 35.4 Å². The molecule has 0 spiro atoms. The summed E-state index contributed by atoms with van der Waals surface area (Å²) in [5.74, 6) is 0. The van der Waals surface area contributed by atoms with Gasteiger partial charge in [0.15, 0.2) is 6.29 Å². The minimum Gasteiger partial charge on any atom is -0.396 e. The van der Waals surface area contributed by atoms with Gasteiger partial charge < -0.3 is 24.8 Å². The molecular formula is C13H18O5. The van der Waals surface area contributed by atoms with Gasteiger partial charge in [-0.3, -0.25) is 0 Å². The van der Waals surface area contributed by atoms with Crippen molar-refractivity contribution < 1.29 is 24.8 Å². The summed E-state index contributed by atoms with van der Waals surface area (Å²) in [6.07, 6.45) is -2.42. The predicted molar refractivity (Wildman–Crippen MR) is 63.8 cm³/mol. The van der Waals surface area contributed by atoms with Gasteiger partial charge in [-0.25, -0.2) is 0 Å². The fourth-order valence-corrected chi connectivity index (χ4v) is 2.03. The SMILES string of the molecule is OCCC(O)C(O)c1ccccc1C1OCCO1. The van der Waals surface area contributed by atoms with E-state index in [4.69, 9.17) is 14.6 Å². The van der Waals surface area contributed by atoms with Crippen LogP contribution in [0.2, 0.25) is 0 Å². The Kier molecular flexibility index (Phi) is 4.68. The first-order valence-corrected chi connectivity index (χ1v) is 6.03. The standard InChI is InChI=1S/C13H18O5/c14-6-5-11(15)12(16)9-3-1-2-4-10(9)13-17-7-8-18-13/h1-4,11-16H,5-8H2. The van der Waals surface area contributed by atoms with Gasteiger partial charge >= 0.3 is 0 Å². The van der Waals surface area contributed by atoms with Crippen molar-refractivity contribution in [2.24, 2.45) is 0 Å². The zero-order chi connectivity index (χ0) is 13.0. The van der Waals surface area contributed by atoms with Crippen LogP contribution in [0.3, 0.4) is 0 Å². The fourth-order valence-electron chi connectivity index (χ4n) is 2.03. The molecule has 0 aromatic heterocycles. The van der Waals surface area contributed by atoms with Gasteiger partial charge in [-0.1, -0.05) is 24.3 Å². The summed E-state index contributed by atoms with van der Waals surface area (Å²) in [5, 5.41) is 28.6. The molecular weight excluding hydrogens is 236 g/mol. The smallest absolute Gasteiger partial charge is 0.184 e. The molecule has 18 heavy (non-hydrogen) atoms. The Hall–Kier alpha value is -0.980. The maximum Gasteiger partial charge on any atom is 0.184 e. The third-order valence-electron chi connectivity index (χ3n) is 2.98. The van der Waals surface area contributed by atoms with E-state index in [0.717, 1.165) is 5.56 Å².